The lowest BCUT2D eigenvalue weighted by molar-refractivity contribution is -0.250. The highest BCUT2D eigenvalue weighted by molar-refractivity contribution is 14.1. The summed E-state index contributed by atoms with van der Waals surface area (Å²) in [5.41, 5.74) is 0. The first-order valence-electron chi connectivity index (χ1n) is 15.1. The molecule has 0 N–H and O–H groups in total. The molecule has 0 heterocycles. The van der Waals surface area contributed by atoms with Crippen molar-refractivity contribution in [2.75, 3.05) is 22.1 Å². The summed E-state index contributed by atoms with van der Waals surface area (Å²) in [4.78, 5) is 0. The number of alkyl halides is 2. The van der Waals surface area contributed by atoms with Gasteiger partial charge in [-0.1, -0.05) is 137 Å². The standard InChI is InChI=1S/C30H60I2O3/c1-5-17-27(3)19-15-21-29(33-25-13-9-7-11-23-31)35-30(22-16-20-28(4)18-6-2)34-26-14-10-8-12-24-32/h27-30H,5-26H2,1-4H3. The fraction of sp³-hybridized carbons (Fsp3) is 1.00. The van der Waals surface area contributed by atoms with Gasteiger partial charge in [-0.3, -0.25) is 0 Å². The summed E-state index contributed by atoms with van der Waals surface area (Å²) in [5.74, 6) is 1.59. The van der Waals surface area contributed by atoms with E-state index in [4.69, 9.17) is 14.2 Å². The highest BCUT2D eigenvalue weighted by Crippen LogP contribution is 2.21. The Morgan fingerprint density at radius 2 is 0.886 bits per heavy atom. The smallest absolute Gasteiger partial charge is 0.160 e. The molecule has 0 saturated heterocycles. The number of hydrogen-bond donors (Lipinski definition) is 0. The first-order chi connectivity index (χ1) is 17.1. The van der Waals surface area contributed by atoms with Crippen LogP contribution in [0, 0.1) is 11.8 Å². The molecule has 0 aromatic heterocycles. The van der Waals surface area contributed by atoms with Gasteiger partial charge in [0.1, 0.15) is 0 Å². The maximum Gasteiger partial charge on any atom is 0.160 e. The van der Waals surface area contributed by atoms with E-state index in [1.807, 2.05) is 0 Å². The summed E-state index contributed by atoms with van der Waals surface area (Å²) < 4.78 is 21.7. The Balaban J connectivity index is 4.75. The molecule has 0 radical (unpaired) electrons. The molecule has 0 saturated carbocycles. The molecule has 35 heavy (non-hydrogen) atoms. The van der Waals surface area contributed by atoms with E-state index in [-0.39, 0.29) is 12.6 Å². The average molecular weight is 723 g/mol. The summed E-state index contributed by atoms with van der Waals surface area (Å²) in [6, 6.07) is 0. The largest absolute Gasteiger partial charge is 0.353 e. The van der Waals surface area contributed by atoms with Gasteiger partial charge in [0.2, 0.25) is 0 Å². The minimum absolute atomic E-state index is 0.120. The van der Waals surface area contributed by atoms with Crippen LogP contribution < -0.4 is 0 Å². The maximum absolute atomic E-state index is 6.54. The minimum atomic E-state index is -0.120. The molecule has 212 valence electrons. The monoisotopic (exact) mass is 722 g/mol. The van der Waals surface area contributed by atoms with Gasteiger partial charge in [-0.25, -0.2) is 0 Å². The summed E-state index contributed by atoms with van der Waals surface area (Å²) in [6.07, 6.45) is 21.9. The van der Waals surface area contributed by atoms with Gasteiger partial charge in [0.25, 0.3) is 0 Å². The fourth-order valence-electron chi connectivity index (χ4n) is 4.62. The molecular formula is C30H60I2O3. The van der Waals surface area contributed by atoms with Crippen molar-refractivity contribution in [3.63, 3.8) is 0 Å². The lowest BCUT2D eigenvalue weighted by atomic mass is 9.99. The van der Waals surface area contributed by atoms with Crippen LogP contribution >= 0.6 is 45.2 Å². The van der Waals surface area contributed by atoms with E-state index < -0.39 is 0 Å². The van der Waals surface area contributed by atoms with Crippen LogP contribution in [0.15, 0.2) is 0 Å². The molecule has 0 bridgehead atoms. The van der Waals surface area contributed by atoms with E-state index in [0.717, 1.165) is 50.7 Å². The van der Waals surface area contributed by atoms with Crippen LogP contribution in [0.3, 0.4) is 0 Å². The summed E-state index contributed by atoms with van der Waals surface area (Å²) >= 11 is 4.94. The zero-order valence-corrected chi connectivity index (χ0v) is 28.2. The Morgan fingerprint density at radius 3 is 1.26 bits per heavy atom. The van der Waals surface area contributed by atoms with E-state index in [9.17, 15) is 0 Å². The lowest BCUT2D eigenvalue weighted by Gasteiger charge is -2.26. The summed E-state index contributed by atoms with van der Waals surface area (Å²) in [7, 11) is 0. The molecule has 0 aliphatic rings. The summed E-state index contributed by atoms with van der Waals surface area (Å²) in [6.45, 7) is 11.0. The Morgan fingerprint density at radius 1 is 0.486 bits per heavy atom. The predicted molar refractivity (Wildman–Crippen MR) is 171 cm³/mol. The Labute approximate surface area is 247 Å². The second-order valence-electron chi connectivity index (χ2n) is 10.6. The number of halogens is 2. The zero-order valence-electron chi connectivity index (χ0n) is 23.8. The molecule has 0 spiro atoms. The first-order valence-corrected chi connectivity index (χ1v) is 18.1. The highest BCUT2D eigenvalue weighted by Gasteiger charge is 2.19. The van der Waals surface area contributed by atoms with Gasteiger partial charge < -0.3 is 14.2 Å². The Bertz CT molecular complexity index is 375. The van der Waals surface area contributed by atoms with Crippen LogP contribution in [0.1, 0.15) is 143 Å². The molecule has 0 aliphatic carbocycles. The fourth-order valence-corrected chi connectivity index (χ4v) is 5.70. The number of hydrogen-bond acceptors (Lipinski definition) is 3. The third kappa shape index (κ3) is 25.4. The Hall–Kier alpha value is 1.34. The van der Waals surface area contributed by atoms with Gasteiger partial charge in [-0.15, -0.1) is 0 Å². The number of rotatable bonds is 28. The van der Waals surface area contributed by atoms with Gasteiger partial charge in [0, 0.05) is 13.2 Å². The van der Waals surface area contributed by atoms with Crippen molar-refractivity contribution in [1.29, 1.82) is 0 Å². The minimum Gasteiger partial charge on any atom is -0.353 e. The van der Waals surface area contributed by atoms with E-state index in [0.29, 0.717) is 0 Å². The SMILES string of the molecule is CCCC(C)CCCC(OCCCCCCI)OC(CCCC(C)CCC)OCCCCCCI. The van der Waals surface area contributed by atoms with Crippen molar-refractivity contribution in [3.05, 3.63) is 0 Å². The maximum atomic E-state index is 6.54. The van der Waals surface area contributed by atoms with Crippen LogP contribution in [-0.2, 0) is 14.2 Å². The van der Waals surface area contributed by atoms with E-state index >= 15 is 0 Å². The van der Waals surface area contributed by atoms with Crippen molar-refractivity contribution in [2.45, 2.75) is 156 Å². The van der Waals surface area contributed by atoms with Gasteiger partial charge in [-0.05, 0) is 72.1 Å². The molecule has 0 aromatic carbocycles. The van der Waals surface area contributed by atoms with Crippen molar-refractivity contribution < 1.29 is 14.2 Å². The van der Waals surface area contributed by atoms with Crippen molar-refractivity contribution in [1.82, 2.24) is 0 Å². The molecule has 0 fully saturated rings. The Kier molecular flexibility index (Phi) is 29.4. The number of ether oxygens (including phenoxy) is 3. The van der Waals surface area contributed by atoms with Crippen LogP contribution in [0.25, 0.3) is 0 Å². The normalized spacial score (nSPS) is 15.3. The predicted octanol–water partition coefficient (Wildman–Crippen LogP) is 10.9. The molecule has 0 amide bonds. The van der Waals surface area contributed by atoms with Gasteiger partial charge in [-0.2, -0.15) is 0 Å². The lowest BCUT2D eigenvalue weighted by Crippen LogP contribution is -2.28. The van der Waals surface area contributed by atoms with Gasteiger partial charge in [0.05, 0.1) is 0 Å². The second kappa shape index (κ2) is 28.4. The zero-order chi connectivity index (χ0) is 26.0. The molecular weight excluding hydrogens is 662 g/mol. The topological polar surface area (TPSA) is 27.7 Å². The average Bonchev–Trinajstić information content (AvgIpc) is 2.83. The van der Waals surface area contributed by atoms with Gasteiger partial charge in [0.15, 0.2) is 12.6 Å². The van der Waals surface area contributed by atoms with E-state index in [2.05, 4.69) is 72.9 Å². The van der Waals surface area contributed by atoms with Crippen LogP contribution in [-0.4, -0.2) is 34.6 Å². The molecule has 0 aliphatic heterocycles. The van der Waals surface area contributed by atoms with Crippen LogP contribution in [0.4, 0.5) is 0 Å². The molecule has 4 unspecified atom stereocenters. The summed E-state index contributed by atoms with van der Waals surface area (Å²) in [5, 5.41) is 0. The molecule has 4 atom stereocenters. The van der Waals surface area contributed by atoms with Gasteiger partial charge >= 0.3 is 0 Å². The third-order valence-electron chi connectivity index (χ3n) is 6.80. The number of unbranched alkanes of at least 4 members (excludes halogenated alkanes) is 6. The van der Waals surface area contributed by atoms with E-state index in [1.54, 1.807) is 0 Å². The van der Waals surface area contributed by atoms with Crippen LogP contribution in [0.5, 0.6) is 0 Å². The second-order valence-corrected chi connectivity index (χ2v) is 12.8. The van der Waals surface area contributed by atoms with Crippen molar-refractivity contribution in [2.24, 2.45) is 11.8 Å². The van der Waals surface area contributed by atoms with Crippen LogP contribution in [0.2, 0.25) is 0 Å². The third-order valence-corrected chi connectivity index (χ3v) is 8.33. The molecule has 0 aromatic rings. The quantitative estimate of drug-likeness (QED) is 0.0348. The molecule has 5 heteroatoms. The van der Waals surface area contributed by atoms with E-state index in [1.165, 1.54) is 98.7 Å². The first kappa shape index (κ1) is 36.3. The van der Waals surface area contributed by atoms with Crippen molar-refractivity contribution >= 4 is 45.2 Å². The molecule has 3 nitrogen and oxygen atoms in total. The molecule has 0 rings (SSSR count). The van der Waals surface area contributed by atoms with Crippen molar-refractivity contribution in [3.8, 4) is 0 Å². The highest BCUT2D eigenvalue weighted by atomic mass is 127.